The first-order valence-electron chi connectivity index (χ1n) is 8.77. The molecule has 2 aromatic carbocycles. The third kappa shape index (κ3) is 2.99. The minimum absolute atomic E-state index is 0.168. The van der Waals surface area contributed by atoms with Gasteiger partial charge >= 0.3 is 0 Å². The maximum Gasteiger partial charge on any atom is 0.296 e. The van der Waals surface area contributed by atoms with E-state index >= 15 is 0 Å². The van der Waals surface area contributed by atoms with Gasteiger partial charge in [0.2, 0.25) is 0 Å². The highest BCUT2D eigenvalue weighted by molar-refractivity contribution is 6.48. The van der Waals surface area contributed by atoms with Crippen molar-refractivity contribution in [3.05, 3.63) is 59.6 Å². The van der Waals surface area contributed by atoms with E-state index in [2.05, 4.69) is 15.3 Å². The molecule has 0 spiro atoms. The molecule has 6 nitrogen and oxygen atoms in total. The lowest BCUT2D eigenvalue weighted by molar-refractivity contribution is -0.112. The van der Waals surface area contributed by atoms with E-state index in [1.807, 2.05) is 38.1 Å². The molecule has 136 valence electrons. The number of aromatic nitrogens is 2. The predicted molar refractivity (Wildman–Crippen MR) is 104 cm³/mol. The van der Waals surface area contributed by atoms with Gasteiger partial charge in [0.1, 0.15) is 5.52 Å². The first-order valence-corrected chi connectivity index (χ1v) is 8.77. The topological polar surface area (TPSA) is 88.0 Å². The summed E-state index contributed by atoms with van der Waals surface area (Å²) in [6.45, 7) is 5.78. The number of benzene rings is 2. The number of aryl methyl sites for hydroxylation is 1. The third-order valence-corrected chi connectivity index (χ3v) is 4.48. The number of anilines is 1. The van der Waals surface area contributed by atoms with Crippen LogP contribution >= 0.6 is 0 Å². The number of H-pyrrole nitrogens is 1. The second-order valence-electron chi connectivity index (χ2n) is 6.84. The first kappa shape index (κ1) is 17.0. The fourth-order valence-electron chi connectivity index (χ4n) is 3.14. The Morgan fingerprint density at radius 1 is 1.15 bits per heavy atom. The number of nitrogens with one attached hydrogen (secondary N) is 2. The highest BCUT2D eigenvalue weighted by Gasteiger charge is 2.23. The Morgan fingerprint density at radius 3 is 2.70 bits per heavy atom. The van der Waals surface area contributed by atoms with Crippen LogP contribution in [0.4, 0.5) is 5.69 Å². The number of Topliss-reactive ketones (excluding diaryl/α,β-unsaturated/α-hetero) is 1. The van der Waals surface area contributed by atoms with Crippen molar-refractivity contribution in [1.29, 1.82) is 0 Å². The number of oxazole rings is 1. The van der Waals surface area contributed by atoms with Gasteiger partial charge in [-0.3, -0.25) is 9.59 Å². The van der Waals surface area contributed by atoms with Crippen LogP contribution in [0.25, 0.3) is 22.0 Å². The number of nitrogens with zero attached hydrogens (tertiary/aromatic N) is 1. The number of aromatic amines is 1. The number of para-hydroxylation sites is 1. The van der Waals surface area contributed by atoms with Crippen LogP contribution in [-0.4, -0.2) is 21.7 Å². The first-order chi connectivity index (χ1) is 12.9. The standard InChI is InChI=1S/C21H19N3O3/c1-11(2)21-24-16-10-13(8-9-17(16)27-21)23-20(26)19(25)18-12(3)22-15-7-5-4-6-14(15)18/h4-11,22H,1-3H3,(H,23,26). The smallest absolute Gasteiger partial charge is 0.296 e. The largest absolute Gasteiger partial charge is 0.440 e. The monoisotopic (exact) mass is 361 g/mol. The van der Waals surface area contributed by atoms with Crippen LogP contribution in [0, 0.1) is 6.92 Å². The van der Waals surface area contributed by atoms with Gasteiger partial charge in [0.05, 0.1) is 5.56 Å². The van der Waals surface area contributed by atoms with Gasteiger partial charge in [-0.25, -0.2) is 4.98 Å². The van der Waals surface area contributed by atoms with E-state index in [1.54, 1.807) is 25.1 Å². The Hall–Kier alpha value is -3.41. The molecule has 0 radical (unpaired) electrons. The van der Waals surface area contributed by atoms with Crippen molar-refractivity contribution < 1.29 is 14.0 Å². The summed E-state index contributed by atoms with van der Waals surface area (Å²) in [6.07, 6.45) is 0. The van der Waals surface area contributed by atoms with Crippen LogP contribution in [0.15, 0.2) is 46.9 Å². The summed E-state index contributed by atoms with van der Waals surface area (Å²) < 4.78 is 5.66. The number of carbonyl (C=O) groups is 2. The number of carbonyl (C=O) groups excluding carboxylic acids is 2. The lowest BCUT2D eigenvalue weighted by Gasteiger charge is -2.04. The maximum absolute atomic E-state index is 12.7. The van der Waals surface area contributed by atoms with Crippen LogP contribution < -0.4 is 5.32 Å². The average Bonchev–Trinajstić information content (AvgIpc) is 3.20. The van der Waals surface area contributed by atoms with Gasteiger partial charge in [0.15, 0.2) is 11.5 Å². The molecule has 0 aliphatic carbocycles. The van der Waals surface area contributed by atoms with Gasteiger partial charge in [0.25, 0.3) is 11.7 Å². The molecule has 2 N–H and O–H groups in total. The normalized spacial score (nSPS) is 11.4. The van der Waals surface area contributed by atoms with Crippen LogP contribution in [0.5, 0.6) is 0 Å². The number of amides is 1. The molecule has 1 amide bonds. The summed E-state index contributed by atoms with van der Waals surface area (Å²) in [5.41, 5.74) is 3.69. The Kier molecular flexibility index (Phi) is 4.03. The highest BCUT2D eigenvalue weighted by Crippen LogP contribution is 2.25. The SMILES string of the molecule is Cc1[nH]c2ccccc2c1C(=O)C(=O)Nc1ccc2oc(C(C)C)nc2c1. The van der Waals surface area contributed by atoms with Crippen LogP contribution in [-0.2, 0) is 4.79 Å². The lowest BCUT2D eigenvalue weighted by atomic mass is 10.1. The molecule has 0 atom stereocenters. The quantitative estimate of drug-likeness (QED) is 0.412. The van der Waals surface area contributed by atoms with Crippen LogP contribution in [0.2, 0.25) is 0 Å². The minimum atomic E-state index is -0.685. The predicted octanol–water partition coefficient (Wildman–Crippen LogP) is 4.56. The van der Waals surface area contributed by atoms with E-state index < -0.39 is 11.7 Å². The van der Waals surface area contributed by atoms with Crippen molar-refractivity contribution in [2.45, 2.75) is 26.7 Å². The Bertz CT molecular complexity index is 1180. The van der Waals surface area contributed by atoms with Gasteiger partial charge in [-0.15, -0.1) is 0 Å². The highest BCUT2D eigenvalue weighted by atomic mass is 16.3. The molecule has 2 aromatic heterocycles. The minimum Gasteiger partial charge on any atom is -0.440 e. The van der Waals surface area contributed by atoms with Crippen molar-refractivity contribution in [1.82, 2.24) is 9.97 Å². The fraction of sp³-hybridized carbons (Fsp3) is 0.190. The van der Waals surface area contributed by atoms with E-state index in [4.69, 9.17) is 4.42 Å². The van der Waals surface area contributed by atoms with Crippen molar-refractivity contribution in [3.63, 3.8) is 0 Å². The summed E-state index contributed by atoms with van der Waals surface area (Å²) in [7, 11) is 0. The van der Waals surface area contributed by atoms with E-state index in [0.29, 0.717) is 33.9 Å². The molecule has 0 unspecified atom stereocenters. The Labute approximate surface area is 155 Å². The zero-order valence-corrected chi connectivity index (χ0v) is 15.3. The van der Waals surface area contributed by atoms with Gasteiger partial charge in [0, 0.05) is 28.2 Å². The molecule has 0 aliphatic heterocycles. The number of rotatable bonds is 4. The molecule has 2 heterocycles. The zero-order chi connectivity index (χ0) is 19.1. The molecular formula is C21H19N3O3. The molecule has 4 rings (SSSR count). The Balaban J connectivity index is 1.62. The van der Waals surface area contributed by atoms with Crippen LogP contribution in [0.1, 0.15) is 41.7 Å². The average molecular weight is 361 g/mol. The van der Waals surface area contributed by atoms with Crippen molar-refractivity contribution in [2.75, 3.05) is 5.32 Å². The molecule has 0 saturated carbocycles. The molecule has 6 heteroatoms. The fourth-order valence-corrected chi connectivity index (χ4v) is 3.14. The summed E-state index contributed by atoms with van der Waals surface area (Å²) in [6, 6.07) is 12.6. The van der Waals surface area contributed by atoms with Gasteiger partial charge in [-0.05, 0) is 31.2 Å². The number of ketones is 1. The molecule has 4 aromatic rings. The summed E-state index contributed by atoms with van der Waals surface area (Å²) in [5, 5.41) is 3.41. The second-order valence-corrected chi connectivity index (χ2v) is 6.84. The van der Waals surface area contributed by atoms with E-state index in [1.165, 1.54) is 0 Å². The van der Waals surface area contributed by atoms with Crippen LogP contribution in [0.3, 0.4) is 0 Å². The second kappa shape index (κ2) is 6.39. The summed E-state index contributed by atoms with van der Waals surface area (Å²) >= 11 is 0. The zero-order valence-electron chi connectivity index (χ0n) is 15.3. The van der Waals surface area contributed by atoms with Gasteiger partial charge in [-0.2, -0.15) is 0 Å². The molecule has 0 fully saturated rings. The molecule has 0 aliphatic rings. The third-order valence-electron chi connectivity index (χ3n) is 4.48. The van der Waals surface area contributed by atoms with Gasteiger partial charge in [-0.1, -0.05) is 32.0 Å². The number of hydrogen-bond acceptors (Lipinski definition) is 4. The molecule has 27 heavy (non-hydrogen) atoms. The Morgan fingerprint density at radius 2 is 1.93 bits per heavy atom. The number of fused-ring (bicyclic) bond motifs is 2. The molecular weight excluding hydrogens is 342 g/mol. The summed E-state index contributed by atoms with van der Waals surface area (Å²) in [5.74, 6) is -0.455. The van der Waals surface area contributed by atoms with Gasteiger partial charge < -0.3 is 14.7 Å². The van der Waals surface area contributed by atoms with E-state index in [-0.39, 0.29) is 5.92 Å². The number of hydrogen-bond donors (Lipinski definition) is 2. The lowest BCUT2D eigenvalue weighted by Crippen LogP contribution is -2.23. The summed E-state index contributed by atoms with van der Waals surface area (Å²) in [4.78, 5) is 32.8. The molecule has 0 saturated heterocycles. The van der Waals surface area contributed by atoms with E-state index in [9.17, 15) is 9.59 Å². The molecule has 0 bridgehead atoms. The van der Waals surface area contributed by atoms with Crippen molar-refractivity contribution in [2.24, 2.45) is 0 Å². The van der Waals surface area contributed by atoms with E-state index in [0.717, 1.165) is 10.9 Å². The maximum atomic E-state index is 12.7. The van der Waals surface area contributed by atoms with Crippen molar-refractivity contribution >= 4 is 39.4 Å². The van der Waals surface area contributed by atoms with Crippen molar-refractivity contribution in [3.8, 4) is 0 Å².